The lowest BCUT2D eigenvalue weighted by atomic mass is 9.83. The molecular weight excluding hydrogens is 478 g/mol. The first-order valence-corrected chi connectivity index (χ1v) is 11.9. The molecule has 3 fully saturated rings. The molecule has 0 aliphatic heterocycles. The number of rotatable bonds is 6. The number of allylic oxidation sites excluding steroid dienone is 1. The summed E-state index contributed by atoms with van der Waals surface area (Å²) in [7, 11) is 1.40. The molecule has 10 heteroatoms. The Morgan fingerprint density at radius 3 is 2.56 bits per heavy atom. The van der Waals surface area contributed by atoms with Gasteiger partial charge in [-0.2, -0.15) is 13.2 Å². The van der Waals surface area contributed by atoms with E-state index in [0.29, 0.717) is 18.1 Å². The highest BCUT2D eigenvalue weighted by atomic mass is 19.4. The van der Waals surface area contributed by atoms with Gasteiger partial charge in [0, 0.05) is 23.8 Å². The number of pyridine rings is 1. The van der Waals surface area contributed by atoms with E-state index in [2.05, 4.69) is 21.7 Å². The molecule has 2 amide bonds. The number of methoxy groups -OCH3 is 1. The predicted octanol–water partition coefficient (Wildman–Crippen LogP) is 4.98. The highest BCUT2D eigenvalue weighted by Crippen LogP contribution is 2.54. The number of ether oxygens (including phenoxy) is 1. The Kier molecular flexibility index (Phi) is 6.22. The number of alkyl halides is 3. The molecule has 6 nitrogen and oxygen atoms in total. The summed E-state index contributed by atoms with van der Waals surface area (Å²) < 4.78 is 58.4. The average Bonchev–Trinajstić information content (AvgIpc) is 3.52. The topological polar surface area (TPSA) is 80.3 Å². The molecule has 190 valence electrons. The van der Waals surface area contributed by atoms with Gasteiger partial charge in [-0.3, -0.25) is 9.59 Å². The Labute approximate surface area is 205 Å². The fourth-order valence-corrected chi connectivity index (χ4v) is 5.56. The first-order valence-electron chi connectivity index (χ1n) is 11.9. The van der Waals surface area contributed by atoms with Gasteiger partial charge in [0.05, 0.1) is 18.6 Å². The van der Waals surface area contributed by atoms with Gasteiger partial charge >= 0.3 is 6.18 Å². The number of amides is 2. The molecule has 0 spiro atoms. The van der Waals surface area contributed by atoms with Crippen molar-refractivity contribution in [2.24, 2.45) is 23.7 Å². The number of halogens is 4. The zero-order valence-electron chi connectivity index (χ0n) is 19.4. The lowest BCUT2D eigenvalue weighted by Crippen LogP contribution is -2.48. The summed E-state index contributed by atoms with van der Waals surface area (Å²) >= 11 is 0. The Morgan fingerprint density at radius 1 is 1.11 bits per heavy atom. The van der Waals surface area contributed by atoms with E-state index in [1.54, 1.807) is 12.1 Å². The third kappa shape index (κ3) is 4.56. The van der Waals surface area contributed by atoms with Crippen LogP contribution in [0.5, 0.6) is 5.88 Å². The number of nitrogens with zero attached hydrogens (tertiary/aromatic N) is 1. The molecule has 1 aromatic carbocycles. The molecule has 0 radical (unpaired) electrons. The van der Waals surface area contributed by atoms with Crippen LogP contribution >= 0.6 is 0 Å². The van der Waals surface area contributed by atoms with Gasteiger partial charge in [-0.25, -0.2) is 9.37 Å². The van der Waals surface area contributed by atoms with Crippen molar-refractivity contribution in [3.8, 4) is 5.88 Å². The van der Waals surface area contributed by atoms with Crippen molar-refractivity contribution in [1.29, 1.82) is 0 Å². The highest BCUT2D eigenvalue weighted by Gasteiger charge is 2.55. The van der Waals surface area contributed by atoms with Crippen LogP contribution in [0.1, 0.15) is 41.6 Å². The average molecular weight is 503 g/mol. The second-order valence-corrected chi connectivity index (χ2v) is 9.56. The highest BCUT2D eigenvalue weighted by molar-refractivity contribution is 5.98. The molecule has 3 saturated carbocycles. The third-order valence-corrected chi connectivity index (χ3v) is 7.30. The number of fused-ring (bicyclic) bond motifs is 2. The van der Waals surface area contributed by atoms with E-state index in [1.165, 1.54) is 13.3 Å². The minimum Gasteiger partial charge on any atom is -0.480 e. The molecule has 0 unspecified atom stereocenters. The monoisotopic (exact) mass is 503 g/mol. The number of benzene rings is 1. The van der Waals surface area contributed by atoms with E-state index in [4.69, 9.17) is 4.74 Å². The van der Waals surface area contributed by atoms with Crippen LogP contribution in [0.25, 0.3) is 0 Å². The van der Waals surface area contributed by atoms with Crippen LogP contribution in [-0.4, -0.2) is 29.9 Å². The van der Waals surface area contributed by atoms with Crippen molar-refractivity contribution >= 4 is 17.5 Å². The molecule has 1 heterocycles. The number of carbonyl (C=O) groups excluding carboxylic acids is 2. The van der Waals surface area contributed by atoms with Crippen LogP contribution in [0.3, 0.4) is 0 Å². The van der Waals surface area contributed by atoms with Gasteiger partial charge in [0.2, 0.25) is 11.8 Å². The number of anilines is 1. The van der Waals surface area contributed by atoms with Crippen molar-refractivity contribution in [2.45, 2.75) is 37.9 Å². The van der Waals surface area contributed by atoms with E-state index in [0.717, 1.165) is 37.3 Å². The lowest BCUT2D eigenvalue weighted by molar-refractivity contribution is -0.140. The first-order chi connectivity index (χ1) is 17.2. The molecule has 5 rings (SSSR count). The molecule has 2 N–H and O–H groups in total. The van der Waals surface area contributed by atoms with E-state index in [9.17, 15) is 27.2 Å². The van der Waals surface area contributed by atoms with Crippen LogP contribution in [0.15, 0.2) is 48.2 Å². The molecule has 3 aliphatic rings. The van der Waals surface area contributed by atoms with Gasteiger partial charge in [-0.05, 0) is 67.9 Å². The lowest BCUT2D eigenvalue weighted by Gasteiger charge is -2.30. The Morgan fingerprint density at radius 2 is 1.86 bits per heavy atom. The molecule has 2 bridgehead atoms. The molecule has 1 aromatic heterocycles. The Balaban J connectivity index is 1.43. The standard InChI is InChI=1S/C26H25F4N3O3/c1-36-25-17(3-2-10-31-25)23(34)33-22-16-8-7-15(18(16)11-13-4-5-13)21(22)24(35)32-14-6-9-20(27)19(12-14)26(28,29)30/h2-3,6,9-13,15-16,21-22H,4-5,7-8H2,1H3,(H,32,35)(H,33,34)/b18-11-/t15-,16+,21-,22+/m0/s1. The zero-order chi connectivity index (χ0) is 25.6. The largest absolute Gasteiger partial charge is 0.480 e. The molecular formula is C26H25F4N3O3. The number of aromatic nitrogens is 1. The van der Waals surface area contributed by atoms with Crippen molar-refractivity contribution in [3.63, 3.8) is 0 Å². The number of nitrogens with one attached hydrogen (secondary N) is 2. The second-order valence-electron chi connectivity index (χ2n) is 9.56. The summed E-state index contributed by atoms with van der Waals surface area (Å²) in [6.45, 7) is 0. The van der Waals surface area contributed by atoms with Gasteiger partial charge in [-0.1, -0.05) is 11.6 Å². The number of carbonyl (C=O) groups is 2. The predicted molar refractivity (Wildman–Crippen MR) is 123 cm³/mol. The van der Waals surface area contributed by atoms with Gasteiger partial charge in [0.1, 0.15) is 11.4 Å². The van der Waals surface area contributed by atoms with Gasteiger partial charge in [0.25, 0.3) is 5.91 Å². The normalized spacial score (nSPS) is 26.2. The maximum atomic E-state index is 13.7. The van der Waals surface area contributed by atoms with Crippen molar-refractivity contribution < 1.29 is 31.9 Å². The summed E-state index contributed by atoms with van der Waals surface area (Å²) in [4.78, 5) is 30.7. The van der Waals surface area contributed by atoms with Gasteiger partial charge in [-0.15, -0.1) is 0 Å². The molecule has 2 aromatic rings. The Bertz CT molecular complexity index is 1230. The summed E-state index contributed by atoms with van der Waals surface area (Å²) in [6, 6.07) is 5.01. The number of hydrogen-bond donors (Lipinski definition) is 2. The van der Waals surface area contributed by atoms with Crippen LogP contribution in [0.4, 0.5) is 23.2 Å². The first kappa shape index (κ1) is 24.3. The molecule has 3 aliphatic carbocycles. The fourth-order valence-electron chi connectivity index (χ4n) is 5.56. The summed E-state index contributed by atoms with van der Waals surface area (Å²) in [5.41, 5.74) is -0.237. The molecule has 36 heavy (non-hydrogen) atoms. The quantitative estimate of drug-likeness (QED) is 0.431. The molecule has 4 atom stereocenters. The van der Waals surface area contributed by atoms with Crippen molar-refractivity contribution in [3.05, 3.63) is 65.1 Å². The third-order valence-electron chi connectivity index (χ3n) is 7.30. The van der Waals surface area contributed by atoms with E-state index in [-0.39, 0.29) is 29.0 Å². The maximum absolute atomic E-state index is 13.7. The summed E-state index contributed by atoms with van der Waals surface area (Å²) in [5, 5.41) is 5.53. The smallest absolute Gasteiger partial charge is 0.419 e. The zero-order valence-corrected chi connectivity index (χ0v) is 19.4. The van der Waals surface area contributed by atoms with Crippen LogP contribution < -0.4 is 15.4 Å². The van der Waals surface area contributed by atoms with Gasteiger partial charge in [0.15, 0.2) is 0 Å². The van der Waals surface area contributed by atoms with Crippen molar-refractivity contribution in [1.82, 2.24) is 10.3 Å². The van der Waals surface area contributed by atoms with E-state index >= 15 is 0 Å². The Hall–Kier alpha value is -3.43. The van der Waals surface area contributed by atoms with E-state index in [1.807, 2.05) is 0 Å². The second kappa shape index (κ2) is 9.22. The fraction of sp³-hybridized carbons (Fsp3) is 0.423. The SMILES string of the molecule is COc1ncccc1C(=O)N[C@H]1[C@@H](C(=O)Nc2ccc(F)c(C(F)(F)F)c2)[C@H]2CC[C@@H]1/C2=C\C1CC1. The van der Waals surface area contributed by atoms with Gasteiger partial charge < -0.3 is 15.4 Å². The van der Waals surface area contributed by atoms with E-state index < -0.39 is 41.3 Å². The minimum absolute atomic E-state index is 0.0445. The minimum atomic E-state index is -4.89. The summed E-state index contributed by atoms with van der Waals surface area (Å²) in [6.07, 6.45) is 2.53. The van der Waals surface area contributed by atoms with Crippen LogP contribution in [-0.2, 0) is 11.0 Å². The summed E-state index contributed by atoms with van der Waals surface area (Å²) in [5.74, 6) is -2.60. The van der Waals surface area contributed by atoms with Crippen LogP contribution in [0, 0.1) is 29.5 Å². The number of hydrogen-bond acceptors (Lipinski definition) is 4. The maximum Gasteiger partial charge on any atom is 0.419 e. The van der Waals surface area contributed by atoms with Crippen molar-refractivity contribution in [2.75, 3.05) is 12.4 Å². The molecule has 0 saturated heterocycles. The van der Waals surface area contributed by atoms with Crippen LogP contribution in [0.2, 0.25) is 0 Å².